The molecule has 2 aromatic carbocycles. The van der Waals surface area contributed by atoms with Gasteiger partial charge in [-0.2, -0.15) is 5.10 Å². The monoisotopic (exact) mass is 509 g/mol. The maximum Gasteiger partial charge on any atom is 0.145 e. The van der Waals surface area contributed by atoms with E-state index in [-0.39, 0.29) is 22.7 Å². The summed E-state index contributed by atoms with van der Waals surface area (Å²) in [7, 11) is 0. The normalized spacial score (nSPS) is 13.0. The van der Waals surface area contributed by atoms with Crippen molar-refractivity contribution in [1.82, 2.24) is 14.8 Å². The molecule has 2 aromatic heterocycles. The summed E-state index contributed by atoms with van der Waals surface area (Å²) in [5, 5.41) is 13.9. The van der Waals surface area contributed by atoms with Crippen LogP contribution in [0.15, 0.2) is 67.0 Å². The number of aryl methyl sites for hydroxylation is 1. The van der Waals surface area contributed by atoms with Crippen LogP contribution in [0.2, 0.25) is 0 Å². The number of hydrogen-bond acceptors (Lipinski definition) is 4. The number of benzene rings is 2. The molecule has 0 saturated carbocycles. The molecule has 2 heterocycles. The molecule has 0 radical (unpaired) electrons. The fourth-order valence-electron chi connectivity index (χ4n) is 4.05. The predicted molar refractivity (Wildman–Crippen MR) is 139 cm³/mol. The van der Waals surface area contributed by atoms with Gasteiger partial charge in [-0.3, -0.25) is 4.79 Å². The molecule has 188 valence electrons. The highest BCUT2D eigenvalue weighted by atomic mass is 32.2. The van der Waals surface area contributed by atoms with Crippen molar-refractivity contribution in [3.05, 3.63) is 89.8 Å². The van der Waals surface area contributed by atoms with E-state index >= 15 is 0 Å². The van der Waals surface area contributed by atoms with E-state index in [9.17, 15) is 18.7 Å². The van der Waals surface area contributed by atoms with E-state index in [1.165, 1.54) is 28.6 Å². The number of aromatic hydroxyl groups is 1. The average Bonchev–Trinajstić information content (AvgIpc) is 3.53. The lowest BCUT2D eigenvalue weighted by Crippen LogP contribution is -2.14. The van der Waals surface area contributed by atoms with E-state index in [4.69, 9.17) is 0 Å². The number of aromatic amines is 1. The topological polar surface area (TPSA) is 70.9 Å². The summed E-state index contributed by atoms with van der Waals surface area (Å²) in [6.07, 6.45) is 6.12. The Balaban J connectivity index is 1.40. The Labute approximate surface area is 213 Å². The Hall–Kier alpha value is -3.39. The lowest BCUT2D eigenvalue weighted by atomic mass is 9.98. The molecule has 0 bridgehead atoms. The molecule has 4 aromatic rings. The van der Waals surface area contributed by atoms with Crippen LogP contribution in [-0.2, 0) is 11.2 Å². The molecule has 0 aliphatic rings. The number of halogens is 2. The second kappa shape index (κ2) is 11.6. The van der Waals surface area contributed by atoms with Gasteiger partial charge in [-0.05, 0) is 68.1 Å². The zero-order chi connectivity index (χ0) is 25.7. The Bertz CT molecular complexity index is 1280. The van der Waals surface area contributed by atoms with E-state index < -0.39 is 11.6 Å². The van der Waals surface area contributed by atoms with E-state index in [0.717, 1.165) is 42.1 Å². The van der Waals surface area contributed by atoms with Crippen molar-refractivity contribution in [1.29, 1.82) is 0 Å². The van der Waals surface area contributed by atoms with Gasteiger partial charge in [0, 0.05) is 35.2 Å². The summed E-state index contributed by atoms with van der Waals surface area (Å²) in [5.41, 5.74) is 3.78. The van der Waals surface area contributed by atoms with Crippen molar-refractivity contribution in [2.24, 2.45) is 5.92 Å². The van der Waals surface area contributed by atoms with Gasteiger partial charge < -0.3 is 10.1 Å². The zero-order valence-electron chi connectivity index (χ0n) is 20.2. The van der Waals surface area contributed by atoms with Gasteiger partial charge in [-0.25, -0.2) is 13.5 Å². The average molecular weight is 510 g/mol. The van der Waals surface area contributed by atoms with Crippen molar-refractivity contribution in [2.45, 2.75) is 38.4 Å². The number of phenolic OH excluding ortho intramolecular Hbond substituents is 1. The number of carbonyl (C=O) groups is 1. The number of thioether (sulfide) groups is 1. The van der Waals surface area contributed by atoms with E-state index in [1.807, 2.05) is 38.1 Å². The molecular weight excluding hydrogens is 480 g/mol. The van der Waals surface area contributed by atoms with Gasteiger partial charge in [0.05, 0.1) is 17.1 Å². The third kappa shape index (κ3) is 6.43. The Morgan fingerprint density at radius 3 is 2.50 bits per heavy atom. The van der Waals surface area contributed by atoms with Crippen LogP contribution in [0, 0.1) is 17.6 Å². The maximum absolute atomic E-state index is 13.8. The third-order valence-corrected chi connectivity index (χ3v) is 7.41. The molecule has 0 saturated heterocycles. The van der Waals surface area contributed by atoms with Gasteiger partial charge in [-0.1, -0.05) is 19.1 Å². The van der Waals surface area contributed by atoms with Crippen molar-refractivity contribution in [3.63, 3.8) is 0 Å². The van der Waals surface area contributed by atoms with Crippen molar-refractivity contribution in [2.75, 3.05) is 5.75 Å². The number of nitrogens with one attached hydrogen (secondary N) is 1. The van der Waals surface area contributed by atoms with Crippen molar-refractivity contribution >= 4 is 17.5 Å². The van der Waals surface area contributed by atoms with Gasteiger partial charge in [-0.15, -0.1) is 11.8 Å². The van der Waals surface area contributed by atoms with Crippen molar-refractivity contribution in [3.8, 4) is 22.8 Å². The predicted octanol–water partition coefficient (Wildman–Crippen LogP) is 6.87. The van der Waals surface area contributed by atoms with E-state index in [1.54, 1.807) is 24.5 Å². The number of rotatable bonds is 11. The number of nitrogens with zero attached hydrogens (tertiary/aromatic N) is 2. The molecule has 4 rings (SSSR count). The van der Waals surface area contributed by atoms with Crippen LogP contribution in [0.4, 0.5) is 8.78 Å². The molecule has 0 amide bonds. The third-order valence-electron chi connectivity index (χ3n) is 6.21. The molecule has 0 aliphatic carbocycles. The van der Waals surface area contributed by atoms with Crippen LogP contribution >= 0.6 is 11.8 Å². The highest BCUT2D eigenvalue weighted by Gasteiger charge is 2.21. The van der Waals surface area contributed by atoms with Crippen LogP contribution in [0.5, 0.6) is 5.75 Å². The molecular formula is C28H29F2N3O2S. The second-order valence-corrected chi connectivity index (χ2v) is 10.3. The highest BCUT2D eigenvalue weighted by Crippen LogP contribution is 2.36. The van der Waals surface area contributed by atoms with Crippen LogP contribution in [-0.4, -0.2) is 31.4 Å². The molecule has 0 aliphatic heterocycles. The molecule has 0 spiro atoms. The molecule has 8 heteroatoms. The molecule has 2 N–H and O–H groups in total. The number of carbonyl (C=O) groups excluding carboxylic acids is 1. The molecule has 36 heavy (non-hydrogen) atoms. The summed E-state index contributed by atoms with van der Waals surface area (Å²) in [5.74, 6) is -0.583. The number of aromatic nitrogens is 3. The van der Waals surface area contributed by atoms with E-state index in [0.29, 0.717) is 17.1 Å². The van der Waals surface area contributed by atoms with E-state index in [2.05, 4.69) is 10.1 Å². The second-order valence-electron chi connectivity index (χ2n) is 8.97. The fraction of sp³-hybridized carbons (Fsp3) is 0.286. The van der Waals surface area contributed by atoms with Gasteiger partial charge in [0.1, 0.15) is 28.9 Å². The Morgan fingerprint density at radius 1 is 1.11 bits per heavy atom. The molecule has 0 fully saturated rings. The number of H-pyrrole nitrogens is 1. The standard InChI is InChI=1S/C28H29F2N3O2S/c1-18(5-3-6-20-8-10-24(34)11-9-20)27(35)17-36-19(2)25-16-33(23-14-21(29)13-22(30)15-23)32-28(25)26-7-4-12-31-26/h4,7-16,18-19,31,34H,3,5-6,17H2,1-2H3/t18?,19-/m0/s1. The SMILES string of the molecule is CC(CCCc1ccc(O)cc1)C(=O)CS[C@@H](C)c1cn(-c2cc(F)cc(F)c2)nc1-c1ccc[nH]1. The summed E-state index contributed by atoms with van der Waals surface area (Å²) >= 11 is 1.53. The number of hydrogen-bond donors (Lipinski definition) is 2. The van der Waals surface area contributed by atoms with Gasteiger partial charge in [0.15, 0.2) is 0 Å². The minimum Gasteiger partial charge on any atom is -0.508 e. The van der Waals surface area contributed by atoms with Gasteiger partial charge >= 0.3 is 0 Å². The minimum atomic E-state index is -0.670. The Kier molecular flexibility index (Phi) is 8.25. The molecule has 2 atom stereocenters. The number of Topliss-reactive ketones (excluding diaryl/α,β-unsaturated/α-hetero) is 1. The summed E-state index contributed by atoms with van der Waals surface area (Å²) in [6.45, 7) is 3.97. The van der Waals surface area contributed by atoms with Gasteiger partial charge in [0.25, 0.3) is 0 Å². The summed E-state index contributed by atoms with van der Waals surface area (Å²) in [6, 6.07) is 14.2. The number of ketones is 1. The maximum atomic E-state index is 13.8. The Morgan fingerprint density at radius 2 is 1.83 bits per heavy atom. The molecule has 5 nitrogen and oxygen atoms in total. The van der Waals surface area contributed by atoms with Crippen LogP contribution in [0.1, 0.15) is 43.1 Å². The van der Waals surface area contributed by atoms with Crippen LogP contribution in [0.25, 0.3) is 17.1 Å². The lowest BCUT2D eigenvalue weighted by Gasteiger charge is -2.14. The smallest absolute Gasteiger partial charge is 0.145 e. The first-order valence-corrected chi connectivity index (χ1v) is 13.0. The van der Waals surface area contributed by atoms with Crippen LogP contribution in [0.3, 0.4) is 0 Å². The van der Waals surface area contributed by atoms with Gasteiger partial charge in [0.2, 0.25) is 0 Å². The molecule has 1 unspecified atom stereocenters. The zero-order valence-corrected chi connectivity index (χ0v) is 21.1. The largest absolute Gasteiger partial charge is 0.508 e. The first kappa shape index (κ1) is 25.7. The fourth-order valence-corrected chi connectivity index (χ4v) is 5.10. The number of phenols is 1. The van der Waals surface area contributed by atoms with Crippen molar-refractivity contribution < 1.29 is 18.7 Å². The highest BCUT2D eigenvalue weighted by molar-refractivity contribution is 8.00. The minimum absolute atomic E-state index is 0.0531. The lowest BCUT2D eigenvalue weighted by molar-refractivity contribution is -0.120. The quantitative estimate of drug-likeness (QED) is 0.231. The first-order valence-electron chi connectivity index (χ1n) is 11.9. The van der Waals surface area contributed by atoms with Crippen LogP contribution < -0.4 is 0 Å². The summed E-state index contributed by atoms with van der Waals surface area (Å²) in [4.78, 5) is 16.0. The first-order chi connectivity index (χ1) is 17.3. The summed E-state index contributed by atoms with van der Waals surface area (Å²) < 4.78 is 29.1.